The number of amides is 1. The minimum atomic E-state index is -0.0934. The molecule has 0 saturated carbocycles. The first kappa shape index (κ1) is 18.3. The Balaban J connectivity index is 1.76. The molecule has 3 rings (SSSR count). The van der Waals surface area contributed by atoms with Crippen molar-refractivity contribution in [2.75, 3.05) is 7.05 Å². The fourth-order valence-electron chi connectivity index (χ4n) is 2.22. The van der Waals surface area contributed by atoms with E-state index in [1.807, 2.05) is 24.3 Å². The van der Waals surface area contributed by atoms with Gasteiger partial charge in [-0.1, -0.05) is 65.4 Å². The van der Waals surface area contributed by atoms with Crippen molar-refractivity contribution in [3.63, 3.8) is 0 Å². The number of nitrogens with zero attached hydrogens (tertiary/aromatic N) is 1. The van der Waals surface area contributed by atoms with Crippen molar-refractivity contribution in [2.24, 2.45) is 0 Å². The summed E-state index contributed by atoms with van der Waals surface area (Å²) in [6.45, 7) is 0.263. The lowest BCUT2D eigenvalue weighted by Crippen LogP contribution is -2.22. The fourth-order valence-corrected chi connectivity index (χ4v) is 3.90. The van der Waals surface area contributed by atoms with Crippen LogP contribution in [0, 0.1) is 0 Å². The van der Waals surface area contributed by atoms with Crippen LogP contribution in [0.2, 0.25) is 10.0 Å². The van der Waals surface area contributed by atoms with Crippen LogP contribution in [0.5, 0.6) is 5.75 Å². The van der Waals surface area contributed by atoms with Crippen molar-refractivity contribution in [3.05, 3.63) is 68.5 Å². The molecule has 25 heavy (non-hydrogen) atoms. The number of thiocarbonyl (C=S) groups is 1. The van der Waals surface area contributed by atoms with Crippen molar-refractivity contribution in [1.29, 1.82) is 0 Å². The highest BCUT2D eigenvalue weighted by Crippen LogP contribution is 2.32. The zero-order valence-corrected chi connectivity index (χ0v) is 16.3. The molecule has 0 bridgehead atoms. The standard InChI is InChI=1S/C18H13Cl2NO2S2/c1-21-17(22)16(25-18(21)24)9-11-4-2-5-12(8-11)23-10-13-14(19)6-3-7-15(13)20/h2-9H,10H2,1H3. The Morgan fingerprint density at radius 2 is 1.88 bits per heavy atom. The number of thioether (sulfide) groups is 1. The molecule has 2 aromatic carbocycles. The Morgan fingerprint density at radius 1 is 1.20 bits per heavy atom. The van der Waals surface area contributed by atoms with E-state index < -0.39 is 0 Å². The van der Waals surface area contributed by atoms with E-state index in [0.29, 0.717) is 25.0 Å². The third-order valence-corrected chi connectivity index (χ3v) is 5.78. The number of ether oxygens (including phenoxy) is 1. The zero-order valence-electron chi connectivity index (χ0n) is 13.2. The van der Waals surface area contributed by atoms with Crippen LogP contribution in [0.25, 0.3) is 6.08 Å². The van der Waals surface area contributed by atoms with E-state index in [4.69, 9.17) is 40.2 Å². The van der Waals surface area contributed by atoms with E-state index in [2.05, 4.69) is 0 Å². The van der Waals surface area contributed by atoms with Gasteiger partial charge in [-0.3, -0.25) is 9.69 Å². The number of carbonyl (C=O) groups excluding carboxylic acids is 1. The van der Waals surface area contributed by atoms with Gasteiger partial charge in [-0.2, -0.15) is 0 Å². The molecule has 2 aromatic rings. The molecule has 3 nitrogen and oxygen atoms in total. The van der Waals surface area contributed by atoms with E-state index in [-0.39, 0.29) is 12.5 Å². The summed E-state index contributed by atoms with van der Waals surface area (Å²) in [4.78, 5) is 14.1. The van der Waals surface area contributed by atoms with Gasteiger partial charge >= 0.3 is 0 Å². The van der Waals surface area contributed by atoms with Gasteiger partial charge in [0.25, 0.3) is 5.91 Å². The van der Waals surface area contributed by atoms with Gasteiger partial charge in [-0.25, -0.2) is 0 Å². The Bertz CT molecular complexity index is 863. The van der Waals surface area contributed by atoms with Crippen LogP contribution >= 0.6 is 47.2 Å². The van der Waals surface area contributed by atoms with E-state index in [1.165, 1.54) is 16.7 Å². The third-order valence-electron chi connectivity index (χ3n) is 3.59. The number of halogens is 2. The molecule has 7 heteroatoms. The second-order valence-electron chi connectivity index (χ2n) is 5.30. The Hall–Kier alpha value is -1.53. The van der Waals surface area contributed by atoms with Crippen LogP contribution in [-0.4, -0.2) is 22.2 Å². The summed E-state index contributed by atoms with van der Waals surface area (Å²) in [7, 11) is 1.67. The van der Waals surface area contributed by atoms with Crippen molar-refractivity contribution in [2.45, 2.75) is 6.61 Å². The summed E-state index contributed by atoms with van der Waals surface area (Å²) in [5, 5.41) is 1.13. The molecule has 0 aromatic heterocycles. The average molecular weight is 410 g/mol. The maximum Gasteiger partial charge on any atom is 0.265 e. The molecule has 0 radical (unpaired) electrons. The molecule has 128 valence electrons. The first-order valence-corrected chi connectivity index (χ1v) is 9.31. The summed E-state index contributed by atoms with van der Waals surface area (Å²) in [6, 6.07) is 12.8. The zero-order chi connectivity index (χ0) is 18.0. The van der Waals surface area contributed by atoms with Gasteiger partial charge < -0.3 is 4.74 Å². The van der Waals surface area contributed by atoms with Crippen LogP contribution in [0.15, 0.2) is 47.4 Å². The smallest absolute Gasteiger partial charge is 0.265 e. The summed E-state index contributed by atoms with van der Waals surface area (Å²) >= 11 is 18.7. The largest absolute Gasteiger partial charge is 0.489 e. The Morgan fingerprint density at radius 3 is 2.52 bits per heavy atom. The molecule has 1 fully saturated rings. The summed E-state index contributed by atoms with van der Waals surface area (Å²) < 4.78 is 6.35. The first-order chi connectivity index (χ1) is 12.0. The highest BCUT2D eigenvalue weighted by Gasteiger charge is 2.28. The molecular formula is C18H13Cl2NO2S2. The number of hydrogen-bond donors (Lipinski definition) is 0. The molecule has 1 amide bonds. The van der Waals surface area contributed by atoms with Crippen molar-refractivity contribution >= 4 is 63.5 Å². The number of rotatable bonds is 4. The van der Waals surface area contributed by atoms with Gasteiger partial charge in [0.15, 0.2) is 0 Å². The first-order valence-electron chi connectivity index (χ1n) is 7.33. The van der Waals surface area contributed by atoms with E-state index in [1.54, 1.807) is 31.3 Å². The molecule has 1 aliphatic rings. The highest BCUT2D eigenvalue weighted by atomic mass is 35.5. The Labute approximate surface area is 165 Å². The lowest BCUT2D eigenvalue weighted by atomic mass is 10.2. The van der Waals surface area contributed by atoms with Gasteiger partial charge in [0.05, 0.1) is 4.91 Å². The molecule has 1 heterocycles. The van der Waals surface area contributed by atoms with Crippen LogP contribution in [0.3, 0.4) is 0 Å². The molecule has 0 atom stereocenters. The second-order valence-corrected chi connectivity index (χ2v) is 7.79. The molecule has 1 aliphatic heterocycles. The number of hydrogen-bond acceptors (Lipinski definition) is 4. The molecule has 0 aliphatic carbocycles. The minimum absolute atomic E-state index is 0.0934. The lowest BCUT2D eigenvalue weighted by Gasteiger charge is -2.10. The van der Waals surface area contributed by atoms with Crippen LogP contribution in [0.4, 0.5) is 0 Å². The quantitative estimate of drug-likeness (QED) is 0.499. The number of likely N-dealkylation sites (N-methyl/N-ethyl adjacent to an activating group) is 1. The SMILES string of the molecule is CN1C(=O)C(=Cc2cccc(OCc3c(Cl)cccc3Cl)c2)SC1=S. The monoisotopic (exact) mass is 409 g/mol. The highest BCUT2D eigenvalue weighted by molar-refractivity contribution is 8.26. The average Bonchev–Trinajstić information content (AvgIpc) is 2.82. The summed E-state index contributed by atoms with van der Waals surface area (Å²) in [6.07, 6.45) is 1.80. The van der Waals surface area contributed by atoms with Crippen molar-refractivity contribution in [1.82, 2.24) is 4.90 Å². The molecular weight excluding hydrogens is 397 g/mol. The fraction of sp³-hybridized carbons (Fsp3) is 0.111. The van der Waals surface area contributed by atoms with Crippen LogP contribution in [-0.2, 0) is 11.4 Å². The Kier molecular flexibility index (Phi) is 5.69. The second kappa shape index (κ2) is 7.79. The maximum absolute atomic E-state index is 12.1. The van der Waals surface area contributed by atoms with Gasteiger partial charge in [0.2, 0.25) is 0 Å². The summed E-state index contributed by atoms with van der Waals surface area (Å²) in [5.74, 6) is 0.570. The normalized spacial score (nSPS) is 16.0. The predicted octanol–water partition coefficient (Wildman–Crippen LogP) is 5.40. The minimum Gasteiger partial charge on any atom is -0.489 e. The van der Waals surface area contributed by atoms with Gasteiger partial charge in [-0.15, -0.1) is 0 Å². The van der Waals surface area contributed by atoms with Crippen LogP contribution < -0.4 is 4.74 Å². The maximum atomic E-state index is 12.1. The lowest BCUT2D eigenvalue weighted by molar-refractivity contribution is -0.121. The van der Waals surface area contributed by atoms with Gasteiger partial charge in [0, 0.05) is 22.7 Å². The topological polar surface area (TPSA) is 29.5 Å². The van der Waals surface area contributed by atoms with Crippen LogP contribution in [0.1, 0.15) is 11.1 Å². The molecule has 0 spiro atoms. The molecule has 0 N–H and O–H groups in total. The van der Waals surface area contributed by atoms with E-state index in [0.717, 1.165) is 11.1 Å². The van der Waals surface area contributed by atoms with Gasteiger partial charge in [0.1, 0.15) is 16.7 Å². The molecule has 0 unspecified atom stereocenters. The van der Waals surface area contributed by atoms with E-state index >= 15 is 0 Å². The van der Waals surface area contributed by atoms with Gasteiger partial charge in [-0.05, 0) is 35.9 Å². The number of carbonyl (C=O) groups is 1. The third kappa shape index (κ3) is 4.18. The summed E-state index contributed by atoms with van der Waals surface area (Å²) in [5.41, 5.74) is 1.60. The van der Waals surface area contributed by atoms with Crippen molar-refractivity contribution < 1.29 is 9.53 Å². The molecule has 1 saturated heterocycles. The number of benzene rings is 2. The predicted molar refractivity (Wildman–Crippen MR) is 108 cm³/mol. The van der Waals surface area contributed by atoms with Crippen molar-refractivity contribution in [3.8, 4) is 5.75 Å². The van der Waals surface area contributed by atoms with E-state index in [9.17, 15) is 4.79 Å².